The van der Waals surface area contributed by atoms with Gasteiger partial charge >= 0.3 is 0 Å². The summed E-state index contributed by atoms with van der Waals surface area (Å²) in [6.07, 6.45) is 1.69. The molecule has 0 radical (unpaired) electrons. The van der Waals surface area contributed by atoms with Crippen molar-refractivity contribution >= 4 is 11.2 Å². The minimum Gasteiger partial charge on any atom is -0.488 e. The first-order chi connectivity index (χ1) is 11.8. The van der Waals surface area contributed by atoms with Gasteiger partial charge in [0.15, 0.2) is 0 Å². The summed E-state index contributed by atoms with van der Waals surface area (Å²) in [5.74, 6) is 1.26. The van der Waals surface area contributed by atoms with Gasteiger partial charge in [-0.25, -0.2) is 9.97 Å². The number of oxazole rings is 1. The van der Waals surface area contributed by atoms with E-state index in [1.165, 1.54) is 5.56 Å². The molecule has 2 aromatic carbocycles. The largest absolute Gasteiger partial charge is 0.488 e. The van der Waals surface area contributed by atoms with E-state index < -0.39 is 0 Å². The molecule has 0 amide bonds. The lowest BCUT2D eigenvalue weighted by molar-refractivity contribution is 0.306. The number of rotatable bonds is 4. The van der Waals surface area contributed by atoms with Gasteiger partial charge in [0.2, 0.25) is 11.6 Å². The standard InChI is InChI=1S/C20H16N2O2/c1-14-7-2-3-8-15(14)13-23-18-11-5-4-9-16(18)19-22-17-10-6-12-21-20(17)24-19/h2-12H,13H2,1H3. The minimum absolute atomic E-state index is 0.502. The molecule has 0 fully saturated rings. The highest BCUT2D eigenvalue weighted by Gasteiger charge is 2.13. The van der Waals surface area contributed by atoms with Crippen LogP contribution >= 0.6 is 0 Å². The van der Waals surface area contributed by atoms with Gasteiger partial charge in [0, 0.05) is 6.20 Å². The summed E-state index contributed by atoms with van der Waals surface area (Å²) in [5.41, 5.74) is 4.46. The summed E-state index contributed by atoms with van der Waals surface area (Å²) in [5, 5.41) is 0. The van der Waals surface area contributed by atoms with Crippen molar-refractivity contribution in [2.24, 2.45) is 0 Å². The molecule has 0 spiro atoms. The van der Waals surface area contributed by atoms with Crippen LogP contribution in [-0.2, 0) is 6.61 Å². The van der Waals surface area contributed by atoms with Gasteiger partial charge in [-0.3, -0.25) is 0 Å². The minimum atomic E-state index is 0.502. The van der Waals surface area contributed by atoms with E-state index in [1.54, 1.807) is 6.20 Å². The number of nitrogens with zero attached hydrogens (tertiary/aromatic N) is 2. The molecule has 0 saturated heterocycles. The Hall–Kier alpha value is -3.14. The molecule has 4 rings (SSSR count). The fraction of sp³-hybridized carbons (Fsp3) is 0.100. The first-order valence-corrected chi connectivity index (χ1v) is 7.79. The fourth-order valence-electron chi connectivity index (χ4n) is 2.58. The van der Waals surface area contributed by atoms with E-state index in [0.29, 0.717) is 18.2 Å². The van der Waals surface area contributed by atoms with Gasteiger partial charge in [-0.2, -0.15) is 0 Å². The van der Waals surface area contributed by atoms with Crippen LogP contribution < -0.4 is 4.74 Å². The number of ether oxygens (including phenoxy) is 1. The topological polar surface area (TPSA) is 48.2 Å². The van der Waals surface area contributed by atoms with Crippen molar-refractivity contribution in [2.75, 3.05) is 0 Å². The van der Waals surface area contributed by atoms with Crippen LogP contribution in [0.25, 0.3) is 22.7 Å². The van der Waals surface area contributed by atoms with Crippen LogP contribution in [0.5, 0.6) is 5.75 Å². The van der Waals surface area contributed by atoms with Crippen LogP contribution in [0.4, 0.5) is 0 Å². The number of pyridine rings is 1. The zero-order chi connectivity index (χ0) is 16.4. The zero-order valence-electron chi connectivity index (χ0n) is 13.3. The molecule has 0 aliphatic carbocycles. The summed E-state index contributed by atoms with van der Waals surface area (Å²) in [4.78, 5) is 8.70. The maximum atomic E-state index is 6.03. The molecule has 4 nitrogen and oxygen atoms in total. The average molecular weight is 316 g/mol. The number of hydrogen-bond acceptors (Lipinski definition) is 4. The Balaban J connectivity index is 1.66. The van der Waals surface area contributed by atoms with Crippen LogP contribution in [0.15, 0.2) is 71.3 Å². The molecule has 0 atom stereocenters. The van der Waals surface area contributed by atoms with Gasteiger partial charge in [-0.15, -0.1) is 0 Å². The molecular weight excluding hydrogens is 300 g/mol. The molecular formula is C20H16N2O2. The van der Waals surface area contributed by atoms with E-state index in [4.69, 9.17) is 9.15 Å². The van der Waals surface area contributed by atoms with E-state index in [-0.39, 0.29) is 0 Å². The number of fused-ring (bicyclic) bond motifs is 1. The van der Waals surface area contributed by atoms with Crippen LogP contribution in [-0.4, -0.2) is 9.97 Å². The molecule has 4 heteroatoms. The first-order valence-electron chi connectivity index (χ1n) is 7.79. The molecule has 0 saturated carbocycles. The normalized spacial score (nSPS) is 10.9. The third-order valence-electron chi connectivity index (χ3n) is 3.93. The molecule has 24 heavy (non-hydrogen) atoms. The Morgan fingerprint density at radius 1 is 0.958 bits per heavy atom. The molecule has 0 unspecified atom stereocenters. The highest BCUT2D eigenvalue weighted by Crippen LogP contribution is 2.31. The monoisotopic (exact) mass is 316 g/mol. The number of benzene rings is 2. The van der Waals surface area contributed by atoms with Crippen molar-refractivity contribution in [3.05, 3.63) is 78.0 Å². The van der Waals surface area contributed by atoms with Crippen molar-refractivity contribution in [1.29, 1.82) is 0 Å². The second kappa shape index (κ2) is 6.16. The highest BCUT2D eigenvalue weighted by atomic mass is 16.5. The van der Waals surface area contributed by atoms with E-state index >= 15 is 0 Å². The lowest BCUT2D eigenvalue weighted by Gasteiger charge is -2.11. The quantitative estimate of drug-likeness (QED) is 0.544. The fourth-order valence-corrected chi connectivity index (χ4v) is 2.58. The zero-order valence-corrected chi connectivity index (χ0v) is 13.3. The molecule has 0 bridgehead atoms. The maximum absolute atomic E-state index is 6.03. The highest BCUT2D eigenvalue weighted by molar-refractivity contribution is 5.74. The predicted octanol–water partition coefficient (Wildman–Crippen LogP) is 4.78. The van der Waals surface area contributed by atoms with Crippen molar-refractivity contribution < 1.29 is 9.15 Å². The van der Waals surface area contributed by atoms with Crippen LogP contribution in [0.2, 0.25) is 0 Å². The van der Waals surface area contributed by atoms with Gasteiger partial charge in [0.1, 0.15) is 17.9 Å². The Morgan fingerprint density at radius 2 is 1.79 bits per heavy atom. The van der Waals surface area contributed by atoms with Crippen LogP contribution in [0.3, 0.4) is 0 Å². The molecule has 0 aliphatic heterocycles. The Bertz CT molecular complexity index is 959. The molecule has 4 aromatic rings. The summed E-state index contributed by atoms with van der Waals surface area (Å²) in [6.45, 7) is 2.58. The maximum Gasteiger partial charge on any atom is 0.247 e. The SMILES string of the molecule is Cc1ccccc1COc1ccccc1-c1nc2cccnc2o1. The first kappa shape index (κ1) is 14.5. The van der Waals surface area contributed by atoms with E-state index in [1.807, 2.05) is 48.5 Å². The van der Waals surface area contributed by atoms with Crippen LogP contribution in [0, 0.1) is 6.92 Å². The lowest BCUT2D eigenvalue weighted by atomic mass is 10.1. The van der Waals surface area contributed by atoms with Gasteiger partial charge in [0.05, 0.1) is 5.56 Å². The van der Waals surface area contributed by atoms with Crippen molar-refractivity contribution in [3.63, 3.8) is 0 Å². The van der Waals surface area contributed by atoms with Gasteiger partial charge in [-0.1, -0.05) is 36.4 Å². The average Bonchev–Trinajstić information content (AvgIpc) is 3.05. The smallest absolute Gasteiger partial charge is 0.247 e. The Kier molecular flexibility index (Phi) is 3.71. The second-order valence-corrected chi connectivity index (χ2v) is 5.56. The van der Waals surface area contributed by atoms with E-state index in [2.05, 4.69) is 29.0 Å². The third-order valence-corrected chi connectivity index (χ3v) is 3.93. The Labute approximate surface area is 139 Å². The molecule has 2 heterocycles. The van der Waals surface area contributed by atoms with E-state index in [0.717, 1.165) is 22.4 Å². The molecule has 118 valence electrons. The summed E-state index contributed by atoms with van der Waals surface area (Å²) < 4.78 is 11.8. The molecule has 0 N–H and O–H groups in total. The number of aryl methyl sites for hydroxylation is 1. The van der Waals surface area contributed by atoms with E-state index in [9.17, 15) is 0 Å². The summed E-state index contributed by atoms with van der Waals surface area (Å²) in [7, 11) is 0. The predicted molar refractivity (Wildman–Crippen MR) is 92.8 cm³/mol. The Morgan fingerprint density at radius 3 is 2.67 bits per heavy atom. The third kappa shape index (κ3) is 2.74. The lowest BCUT2D eigenvalue weighted by Crippen LogP contribution is -1.98. The summed E-state index contributed by atoms with van der Waals surface area (Å²) in [6, 6.07) is 19.7. The van der Waals surface area contributed by atoms with Crippen molar-refractivity contribution in [2.45, 2.75) is 13.5 Å². The van der Waals surface area contributed by atoms with Gasteiger partial charge in [-0.05, 0) is 42.3 Å². The van der Waals surface area contributed by atoms with Crippen molar-refractivity contribution in [1.82, 2.24) is 9.97 Å². The van der Waals surface area contributed by atoms with Gasteiger partial charge < -0.3 is 9.15 Å². The number of aromatic nitrogens is 2. The number of hydrogen-bond donors (Lipinski definition) is 0. The molecule has 0 aliphatic rings. The van der Waals surface area contributed by atoms with Crippen LogP contribution in [0.1, 0.15) is 11.1 Å². The van der Waals surface area contributed by atoms with Crippen molar-refractivity contribution in [3.8, 4) is 17.2 Å². The molecule has 2 aromatic heterocycles. The second-order valence-electron chi connectivity index (χ2n) is 5.56. The number of para-hydroxylation sites is 1. The van der Waals surface area contributed by atoms with Gasteiger partial charge in [0.25, 0.3) is 0 Å². The summed E-state index contributed by atoms with van der Waals surface area (Å²) >= 11 is 0.